The molecule has 39 heavy (non-hydrogen) atoms. The molecule has 0 bridgehead atoms. The molecule has 210 valence electrons. The van der Waals surface area contributed by atoms with Crippen molar-refractivity contribution in [3.05, 3.63) is 35.0 Å². The van der Waals surface area contributed by atoms with Crippen LogP contribution in [0.1, 0.15) is 88.7 Å². The minimum absolute atomic E-state index is 0.0571. The van der Waals surface area contributed by atoms with Gasteiger partial charge in [-0.1, -0.05) is 13.8 Å². The van der Waals surface area contributed by atoms with E-state index < -0.39 is 23.0 Å². The van der Waals surface area contributed by atoms with Gasteiger partial charge in [0.25, 0.3) is 5.91 Å². The first-order chi connectivity index (χ1) is 18.2. The lowest BCUT2D eigenvalue weighted by atomic mass is 9.84. The Balaban J connectivity index is 1.62. The maximum atomic E-state index is 12.7. The summed E-state index contributed by atoms with van der Waals surface area (Å²) in [5, 5.41) is 9.23. The number of anilines is 4. The molecule has 5 N–H and O–H groups in total. The van der Waals surface area contributed by atoms with E-state index in [0.29, 0.717) is 24.7 Å². The number of alkyl carbamates (subject to hydrolysis) is 1. The second kappa shape index (κ2) is 10.3. The number of benzene rings is 1. The summed E-state index contributed by atoms with van der Waals surface area (Å²) in [5.41, 5.74) is 7.91. The van der Waals surface area contributed by atoms with E-state index in [1.807, 2.05) is 51.7 Å². The Labute approximate surface area is 229 Å². The van der Waals surface area contributed by atoms with Crippen molar-refractivity contribution in [3.63, 3.8) is 0 Å². The topological polar surface area (TPSA) is 152 Å². The third-order valence-electron chi connectivity index (χ3n) is 7.00. The van der Waals surface area contributed by atoms with Gasteiger partial charge in [-0.3, -0.25) is 9.59 Å². The number of carbonyl (C=O) groups excluding carboxylic acids is 3. The molecule has 4 rings (SSSR count). The van der Waals surface area contributed by atoms with Crippen molar-refractivity contribution in [2.24, 2.45) is 5.73 Å². The molecule has 2 aromatic rings. The van der Waals surface area contributed by atoms with Crippen LogP contribution in [-0.2, 0) is 14.9 Å². The fourth-order valence-corrected chi connectivity index (χ4v) is 4.90. The number of nitrogens with zero attached hydrogens (tertiary/aromatic N) is 3. The predicted molar refractivity (Wildman–Crippen MR) is 151 cm³/mol. The van der Waals surface area contributed by atoms with Crippen LogP contribution >= 0.6 is 0 Å². The van der Waals surface area contributed by atoms with Crippen LogP contribution in [0, 0.1) is 0 Å². The number of carbonyl (C=O) groups is 3. The van der Waals surface area contributed by atoms with E-state index in [-0.39, 0.29) is 29.2 Å². The van der Waals surface area contributed by atoms with Gasteiger partial charge in [0.15, 0.2) is 0 Å². The zero-order valence-electron chi connectivity index (χ0n) is 23.8. The van der Waals surface area contributed by atoms with Crippen molar-refractivity contribution >= 4 is 41.0 Å². The average Bonchev–Trinajstić information content (AvgIpc) is 3.05. The highest BCUT2D eigenvalue weighted by molar-refractivity contribution is 6.07. The summed E-state index contributed by atoms with van der Waals surface area (Å²) in [7, 11) is 0. The Hall–Kier alpha value is -3.89. The van der Waals surface area contributed by atoms with Crippen LogP contribution in [0.4, 0.5) is 27.9 Å². The standard InChI is InChI=1S/C28H39N7O4/c1-15(2)18-11-17(12-20-21(18)33-24(37)28(20,6)7)31-23-19(22(29)36)13-30-25(34-23)35-10-8-9-16(14-35)32-26(38)39-27(3,4)5/h11-13,15-16H,8-10,14H2,1-7H3,(H2,29,36)(H,32,38)(H,33,37)(H,30,31,34)/t16-/m0/s1. The van der Waals surface area contributed by atoms with Crippen LogP contribution in [0.5, 0.6) is 0 Å². The van der Waals surface area contributed by atoms with Crippen molar-refractivity contribution in [2.75, 3.05) is 28.6 Å². The molecule has 0 saturated carbocycles. The zero-order valence-corrected chi connectivity index (χ0v) is 23.8. The molecule has 0 radical (unpaired) electrons. The van der Waals surface area contributed by atoms with Gasteiger partial charge < -0.3 is 31.3 Å². The van der Waals surface area contributed by atoms with Crippen molar-refractivity contribution in [2.45, 2.75) is 84.3 Å². The number of rotatable bonds is 6. The van der Waals surface area contributed by atoms with Crippen LogP contribution in [0.25, 0.3) is 0 Å². The van der Waals surface area contributed by atoms with Crippen LogP contribution in [0.3, 0.4) is 0 Å². The number of aromatic nitrogens is 2. The third kappa shape index (κ3) is 6.07. The molecule has 11 heteroatoms. The van der Waals surface area contributed by atoms with E-state index in [4.69, 9.17) is 10.5 Å². The number of piperidine rings is 1. The fraction of sp³-hybridized carbons (Fsp3) is 0.536. The summed E-state index contributed by atoms with van der Waals surface area (Å²) in [6.07, 6.45) is 2.58. The highest BCUT2D eigenvalue weighted by atomic mass is 16.6. The van der Waals surface area contributed by atoms with E-state index in [1.165, 1.54) is 6.20 Å². The number of ether oxygens (including phenoxy) is 1. The number of hydrogen-bond acceptors (Lipinski definition) is 8. The van der Waals surface area contributed by atoms with Crippen molar-refractivity contribution < 1.29 is 19.1 Å². The van der Waals surface area contributed by atoms with Crippen LogP contribution in [0.15, 0.2) is 18.3 Å². The summed E-state index contributed by atoms with van der Waals surface area (Å²) in [5.74, 6) is 0.127. The van der Waals surface area contributed by atoms with Gasteiger partial charge in [0, 0.05) is 36.7 Å². The third-order valence-corrected chi connectivity index (χ3v) is 7.00. The normalized spacial score (nSPS) is 18.4. The van der Waals surface area contributed by atoms with Gasteiger partial charge in [-0.2, -0.15) is 4.98 Å². The molecule has 1 fully saturated rings. The molecule has 0 unspecified atom stereocenters. The summed E-state index contributed by atoms with van der Waals surface area (Å²) in [6.45, 7) is 14.6. The van der Waals surface area contributed by atoms with Gasteiger partial charge in [-0.05, 0) is 76.6 Å². The minimum atomic E-state index is -0.704. The van der Waals surface area contributed by atoms with Crippen molar-refractivity contribution in [3.8, 4) is 0 Å². The van der Waals surface area contributed by atoms with E-state index in [0.717, 1.165) is 29.7 Å². The van der Waals surface area contributed by atoms with Crippen LogP contribution in [-0.4, -0.2) is 52.6 Å². The highest BCUT2D eigenvalue weighted by Crippen LogP contribution is 2.44. The molecule has 1 aromatic heterocycles. The summed E-state index contributed by atoms with van der Waals surface area (Å²) in [6, 6.07) is 3.73. The lowest BCUT2D eigenvalue weighted by Crippen LogP contribution is -2.49. The van der Waals surface area contributed by atoms with Crippen LogP contribution < -0.4 is 26.6 Å². The number of hydrogen-bond donors (Lipinski definition) is 4. The smallest absolute Gasteiger partial charge is 0.407 e. The maximum Gasteiger partial charge on any atom is 0.407 e. The van der Waals surface area contributed by atoms with Gasteiger partial charge in [0.2, 0.25) is 11.9 Å². The molecular weight excluding hydrogens is 498 g/mol. The first-order valence-corrected chi connectivity index (χ1v) is 13.3. The Morgan fingerprint density at radius 3 is 2.62 bits per heavy atom. The second-order valence-electron chi connectivity index (χ2n) is 12.1. The van der Waals surface area contributed by atoms with E-state index >= 15 is 0 Å². The van der Waals surface area contributed by atoms with Crippen LogP contribution in [0.2, 0.25) is 0 Å². The Morgan fingerprint density at radius 1 is 1.26 bits per heavy atom. The first kappa shape index (κ1) is 28.1. The Bertz CT molecular complexity index is 1300. The molecule has 1 aromatic carbocycles. The molecule has 1 saturated heterocycles. The van der Waals surface area contributed by atoms with Crippen molar-refractivity contribution in [1.82, 2.24) is 15.3 Å². The van der Waals surface area contributed by atoms with Gasteiger partial charge in [0.05, 0.1) is 5.41 Å². The SMILES string of the molecule is CC(C)c1cc(Nc2nc(N3CCC[C@H](NC(=O)OC(C)(C)C)C3)ncc2C(N)=O)cc2c1NC(=O)C2(C)C. The van der Waals surface area contributed by atoms with E-state index in [2.05, 4.69) is 39.8 Å². The Kier molecular flexibility index (Phi) is 7.46. The summed E-state index contributed by atoms with van der Waals surface area (Å²) < 4.78 is 5.40. The monoisotopic (exact) mass is 537 g/mol. The first-order valence-electron chi connectivity index (χ1n) is 13.3. The maximum absolute atomic E-state index is 12.7. The fourth-order valence-electron chi connectivity index (χ4n) is 4.90. The number of amides is 3. The van der Waals surface area contributed by atoms with Gasteiger partial charge in [-0.15, -0.1) is 0 Å². The number of primary amides is 1. The summed E-state index contributed by atoms with van der Waals surface area (Å²) in [4.78, 5) is 48.3. The molecule has 11 nitrogen and oxygen atoms in total. The quantitative estimate of drug-likeness (QED) is 0.429. The molecule has 2 aliphatic rings. The zero-order chi connectivity index (χ0) is 28.7. The lowest BCUT2D eigenvalue weighted by molar-refractivity contribution is -0.119. The largest absolute Gasteiger partial charge is 0.444 e. The molecule has 2 aliphatic heterocycles. The minimum Gasteiger partial charge on any atom is -0.444 e. The molecule has 0 aliphatic carbocycles. The molecule has 0 spiro atoms. The average molecular weight is 538 g/mol. The number of nitrogens with one attached hydrogen (secondary N) is 3. The number of nitrogens with two attached hydrogens (primary N) is 1. The molecule has 3 amide bonds. The lowest BCUT2D eigenvalue weighted by Gasteiger charge is -2.33. The predicted octanol–water partition coefficient (Wildman–Crippen LogP) is 4.17. The van der Waals surface area contributed by atoms with Crippen molar-refractivity contribution in [1.29, 1.82) is 0 Å². The molecule has 1 atom stereocenters. The van der Waals surface area contributed by atoms with Gasteiger partial charge in [0.1, 0.15) is 17.0 Å². The van der Waals surface area contributed by atoms with E-state index in [1.54, 1.807) is 0 Å². The number of fused-ring (bicyclic) bond motifs is 1. The molecular formula is C28H39N7O4. The summed E-state index contributed by atoms with van der Waals surface area (Å²) >= 11 is 0. The van der Waals surface area contributed by atoms with Gasteiger partial charge in [-0.25, -0.2) is 9.78 Å². The molecule has 3 heterocycles. The highest BCUT2D eigenvalue weighted by Gasteiger charge is 2.40. The van der Waals surface area contributed by atoms with E-state index in [9.17, 15) is 14.4 Å². The van der Waals surface area contributed by atoms with Gasteiger partial charge >= 0.3 is 6.09 Å². The second-order valence-corrected chi connectivity index (χ2v) is 12.1. The Morgan fingerprint density at radius 2 is 1.97 bits per heavy atom.